The summed E-state index contributed by atoms with van der Waals surface area (Å²) in [5.74, 6) is 0.978. The van der Waals surface area contributed by atoms with Crippen molar-refractivity contribution >= 4 is 40.9 Å². The number of morpholine rings is 1. The fourth-order valence-corrected chi connectivity index (χ4v) is 4.18. The van der Waals surface area contributed by atoms with Crippen molar-refractivity contribution in [2.45, 2.75) is 19.8 Å². The SMILES string of the molecule is COc1cc(/C=C2\NC(=S)N(c3ccc(C(C)C)cc3)C2=O)ccc1OCC(=O)N1CCOCC1. The number of amides is 2. The summed E-state index contributed by atoms with van der Waals surface area (Å²) >= 11 is 5.42. The molecule has 184 valence electrons. The van der Waals surface area contributed by atoms with E-state index in [0.29, 0.717) is 60.2 Å². The Morgan fingerprint density at radius 3 is 2.51 bits per heavy atom. The van der Waals surface area contributed by atoms with Gasteiger partial charge < -0.3 is 24.4 Å². The average molecular weight is 496 g/mol. The molecule has 2 aliphatic heterocycles. The second-order valence-corrected chi connectivity index (χ2v) is 8.95. The molecule has 0 unspecified atom stereocenters. The van der Waals surface area contributed by atoms with Crippen molar-refractivity contribution in [2.24, 2.45) is 0 Å². The van der Waals surface area contributed by atoms with Gasteiger partial charge in [0.15, 0.2) is 23.2 Å². The first-order valence-electron chi connectivity index (χ1n) is 11.5. The molecule has 0 bridgehead atoms. The highest BCUT2D eigenvalue weighted by atomic mass is 32.1. The first-order chi connectivity index (χ1) is 16.9. The van der Waals surface area contributed by atoms with Crippen LogP contribution in [-0.4, -0.2) is 61.8 Å². The van der Waals surface area contributed by atoms with Gasteiger partial charge in [-0.15, -0.1) is 0 Å². The Hall–Kier alpha value is -3.43. The summed E-state index contributed by atoms with van der Waals surface area (Å²) in [6.45, 7) is 6.35. The molecular formula is C26H29N3O5S. The van der Waals surface area contributed by atoms with E-state index in [-0.39, 0.29) is 18.4 Å². The van der Waals surface area contributed by atoms with Gasteiger partial charge in [-0.2, -0.15) is 0 Å². The van der Waals surface area contributed by atoms with Crippen LogP contribution in [0.25, 0.3) is 6.08 Å². The zero-order valence-electron chi connectivity index (χ0n) is 20.1. The summed E-state index contributed by atoms with van der Waals surface area (Å²) in [5.41, 5.74) is 2.99. The van der Waals surface area contributed by atoms with Gasteiger partial charge in [-0.3, -0.25) is 14.5 Å². The van der Waals surface area contributed by atoms with E-state index in [4.69, 9.17) is 26.4 Å². The number of anilines is 1. The predicted octanol–water partition coefficient (Wildman–Crippen LogP) is 3.32. The van der Waals surface area contributed by atoms with Gasteiger partial charge in [0.1, 0.15) is 5.70 Å². The third kappa shape index (κ3) is 5.63. The second kappa shape index (κ2) is 10.9. The van der Waals surface area contributed by atoms with Crippen LogP contribution in [0.3, 0.4) is 0 Å². The molecule has 0 radical (unpaired) electrons. The topological polar surface area (TPSA) is 80.3 Å². The highest BCUT2D eigenvalue weighted by Gasteiger charge is 2.32. The van der Waals surface area contributed by atoms with Crippen LogP contribution in [0, 0.1) is 0 Å². The lowest BCUT2D eigenvalue weighted by atomic mass is 10.0. The maximum atomic E-state index is 13.1. The summed E-state index contributed by atoms with van der Waals surface area (Å²) in [4.78, 5) is 28.7. The largest absolute Gasteiger partial charge is 0.493 e. The number of methoxy groups -OCH3 is 1. The molecule has 2 aromatic carbocycles. The van der Waals surface area contributed by atoms with E-state index in [2.05, 4.69) is 19.2 Å². The number of thiocarbonyl (C=S) groups is 1. The van der Waals surface area contributed by atoms with E-state index in [1.54, 1.807) is 29.2 Å². The van der Waals surface area contributed by atoms with Crippen molar-refractivity contribution in [1.29, 1.82) is 0 Å². The number of hydrogen-bond donors (Lipinski definition) is 1. The van der Waals surface area contributed by atoms with Crippen molar-refractivity contribution in [3.05, 3.63) is 59.3 Å². The molecule has 35 heavy (non-hydrogen) atoms. The van der Waals surface area contributed by atoms with Crippen LogP contribution in [0.2, 0.25) is 0 Å². The molecule has 0 spiro atoms. The fourth-order valence-electron chi connectivity index (χ4n) is 3.88. The van der Waals surface area contributed by atoms with E-state index in [9.17, 15) is 9.59 Å². The number of carbonyl (C=O) groups is 2. The zero-order valence-corrected chi connectivity index (χ0v) is 20.9. The summed E-state index contributed by atoms with van der Waals surface area (Å²) < 4.78 is 16.5. The standard InChI is InChI=1S/C26H29N3O5S/c1-17(2)19-5-7-20(8-6-19)29-25(31)21(27-26(29)35)14-18-4-9-22(23(15-18)32-3)34-16-24(30)28-10-12-33-13-11-28/h4-9,14-15,17H,10-13,16H2,1-3H3,(H,27,35)/b21-14-. The normalized spacial score (nSPS) is 17.2. The molecule has 2 aliphatic rings. The first kappa shape index (κ1) is 24.7. The quantitative estimate of drug-likeness (QED) is 0.466. The van der Waals surface area contributed by atoms with E-state index < -0.39 is 0 Å². The van der Waals surface area contributed by atoms with Gasteiger partial charge in [-0.05, 0) is 59.6 Å². The second-order valence-electron chi connectivity index (χ2n) is 8.57. The lowest BCUT2D eigenvalue weighted by molar-refractivity contribution is -0.137. The van der Waals surface area contributed by atoms with E-state index in [0.717, 1.165) is 5.56 Å². The van der Waals surface area contributed by atoms with Crippen LogP contribution in [0.15, 0.2) is 48.2 Å². The number of carbonyl (C=O) groups excluding carboxylic acids is 2. The number of nitrogens with one attached hydrogen (secondary N) is 1. The molecule has 1 N–H and O–H groups in total. The number of rotatable bonds is 7. The molecule has 2 saturated heterocycles. The fraction of sp³-hybridized carbons (Fsp3) is 0.346. The molecule has 0 aromatic heterocycles. The van der Waals surface area contributed by atoms with Gasteiger partial charge in [0.2, 0.25) is 0 Å². The lowest BCUT2D eigenvalue weighted by Gasteiger charge is -2.26. The summed E-state index contributed by atoms with van der Waals surface area (Å²) in [6.07, 6.45) is 1.71. The van der Waals surface area contributed by atoms with Crippen molar-refractivity contribution in [3.8, 4) is 11.5 Å². The van der Waals surface area contributed by atoms with Gasteiger partial charge in [0.25, 0.3) is 11.8 Å². The number of hydrogen-bond acceptors (Lipinski definition) is 6. The van der Waals surface area contributed by atoms with Crippen molar-refractivity contribution in [2.75, 3.05) is 44.9 Å². The van der Waals surface area contributed by atoms with Crippen molar-refractivity contribution in [1.82, 2.24) is 10.2 Å². The van der Waals surface area contributed by atoms with Gasteiger partial charge >= 0.3 is 0 Å². The number of nitrogens with zero attached hydrogens (tertiary/aromatic N) is 2. The first-order valence-corrected chi connectivity index (χ1v) is 11.9. The van der Waals surface area contributed by atoms with Crippen LogP contribution >= 0.6 is 12.2 Å². The molecule has 2 fully saturated rings. The number of ether oxygens (including phenoxy) is 3. The van der Waals surface area contributed by atoms with Crippen LogP contribution in [-0.2, 0) is 14.3 Å². The van der Waals surface area contributed by atoms with E-state index in [1.807, 2.05) is 24.3 Å². The zero-order chi connectivity index (χ0) is 24.9. The lowest BCUT2D eigenvalue weighted by Crippen LogP contribution is -2.43. The molecule has 2 amide bonds. The molecule has 2 heterocycles. The molecule has 4 rings (SSSR count). The third-order valence-corrected chi connectivity index (χ3v) is 6.19. The molecule has 9 heteroatoms. The average Bonchev–Trinajstić information content (AvgIpc) is 3.15. The van der Waals surface area contributed by atoms with Crippen LogP contribution in [0.1, 0.15) is 30.9 Å². The molecular weight excluding hydrogens is 466 g/mol. The Bertz CT molecular complexity index is 1140. The Morgan fingerprint density at radius 1 is 1.14 bits per heavy atom. The Morgan fingerprint density at radius 2 is 1.86 bits per heavy atom. The van der Waals surface area contributed by atoms with Gasteiger partial charge in [0.05, 0.1) is 26.0 Å². The van der Waals surface area contributed by atoms with Crippen molar-refractivity contribution in [3.63, 3.8) is 0 Å². The summed E-state index contributed by atoms with van der Waals surface area (Å²) in [6, 6.07) is 13.1. The van der Waals surface area contributed by atoms with Gasteiger partial charge in [-0.1, -0.05) is 32.0 Å². The Kier molecular flexibility index (Phi) is 7.67. The maximum absolute atomic E-state index is 13.1. The van der Waals surface area contributed by atoms with Crippen LogP contribution in [0.5, 0.6) is 11.5 Å². The molecule has 8 nitrogen and oxygen atoms in total. The smallest absolute Gasteiger partial charge is 0.281 e. The van der Waals surface area contributed by atoms with Crippen LogP contribution < -0.4 is 19.7 Å². The Labute approximate surface area is 210 Å². The monoisotopic (exact) mass is 495 g/mol. The summed E-state index contributed by atoms with van der Waals surface area (Å²) in [7, 11) is 1.53. The Balaban J connectivity index is 1.46. The van der Waals surface area contributed by atoms with Crippen molar-refractivity contribution < 1.29 is 23.8 Å². The minimum Gasteiger partial charge on any atom is -0.493 e. The minimum absolute atomic E-state index is 0.0876. The van der Waals surface area contributed by atoms with E-state index >= 15 is 0 Å². The van der Waals surface area contributed by atoms with Gasteiger partial charge in [0, 0.05) is 13.1 Å². The van der Waals surface area contributed by atoms with Crippen LogP contribution in [0.4, 0.5) is 5.69 Å². The molecule has 2 aromatic rings. The molecule has 0 aliphatic carbocycles. The molecule has 0 saturated carbocycles. The highest BCUT2D eigenvalue weighted by Crippen LogP contribution is 2.30. The number of benzene rings is 2. The maximum Gasteiger partial charge on any atom is 0.281 e. The van der Waals surface area contributed by atoms with Gasteiger partial charge in [-0.25, -0.2) is 0 Å². The summed E-state index contributed by atoms with van der Waals surface area (Å²) in [5, 5.41) is 3.33. The van der Waals surface area contributed by atoms with E-state index in [1.165, 1.54) is 17.6 Å². The predicted molar refractivity (Wildman–Crippen MR) is 138 cm³/mol. The third-order valence-electron chi connectivity index (χ3n) is 5.91. The highest BCUT2D eigenvalue weighted by molar-refractivity contribution is 7.80. The molecule has 0 atom stereocenters. The minimum atomic E-state index is -0.234.